The molecule has 0 aliphatic carbocycles. The van der Waals surface area contributed by atoms with E-state index in [9.17, 15) is 15.3 Å². The first-order valence-corrected chi connectivity index (χ1v) is 12.8. The highest BCUT2D eigenvalue weighted by molar-refractivity contribution is 8.07. The summed E-state index contributed by atoms with van der Waals surface area (Å²) in [7, 11) is 0. The molecular formula is C25H12Cl4N2OS2. The highest BCUT2D eigenvalue weighted by Crippen LogP contribution is 2.51. The smallest absolute Gasteiger partial charge is 0.203 e. The minimum atomic E-state index is -1.72. The van der Waals surface area contributed by atoms with Gasteiger partial charge in [-0.3, -0.25) is 4.79 Å². The van der Waals surface area contributed by atoms with Gasteiger partial charge in [0.05, 0.1) is 0 Å². The van der Waals surface area contributed by atoms with Gasteiger partial charge in [-0.2, -0.15) is 10.5 Å². The summed E-state index contributed by atoms with van der Waals surface area (Å²) in [4.78, 5) is 14.1. The lowest BCUT2D eigenvalue weighted by Crippen LogP contribution is -2.18. The normalized spacial score (nSPS) is 11.8. The van der Waals surface area contributed by atoms with Crippen molar-refractivity contribution in [1.82, 2.24) is 0 Å². The zero-order valence-corrected chi connectivity index (χ0v) is 21.7. The quantitative estimate of drug-likeness (QED) is 0.134. The number of benzene rings is 4. The third-order valence-electron chi connectivity index (χ3n) is 5.28. The van der Waals surface area contributed by atoms with Crippen LogP contribution < -0.4 is 0 Å². The predicted molar refractivity (Wildman–Crippen MR) is 145 cm³/mol. The molecule has 0 spiro atoms. The first-order chi connectivity index (χ1) is 16.2. The standard InChI is InChI=1S/C25H12Cl4N2OS2/c26-24(27,33-13-30)21-17-7-3-1-5-15(17)9-11-19(21)23(32)20-12-10-16-6-2-4-8-18(16)22(20)25(28,29)34-14-31/h1-12H. The number of hydrogen-bond acceptors (Lipinski definition) is 5. The molecule has 4 aromatic rings. The Hall–Kier alpha value is -2.09. The summed E-state index contributed by atoms with van der Waals surface area (Å²) < 4.78 is -3.45. The molecule has 4 aromatic carbocycles. The average Bonchev–Trinajstić information content (AvgIpc) is 2.82. The van der Waals surface area contributed by atoms with Gasteiger partial charge in [0.15, 0.2) is 5.78 Å². The van der Waals surface area contributed by atoms with Crippen LogP contribution in [-0.4, -0.2) is 5.78 Å². The SMILES string of the molecule is N#CSC(Cl)(Cl)c1c(C(=O)c2ccc3ccccc3c2C(Cl)(Cl)SC#N)ccc2ccccc12. The molecule has 0 fully saturated rings. The minimum absolute atomic E-state index is 0.203. The monoisotopic (exact) mass is 560 g/mol. The lowest BCUT2D eigenvalue weighted by molar-refractivity contribution is 0.103. The van der Waals surface area contributed by atoms with Crippen LogP contribution in [0.3, 0.4) is 0 Å². The lowest BCUT2D eigenvalue weighted by Gasteiger charge is -2.24. The van der Waals surface area contributed by atoms with E-state index in [2.05, 4.69) is 0 Å². The zero-order chi connectivity index (χ0) is 24.5. The number of carbonyl (C=O) groups excluding carboxylic acids is 1. The van der Waals surface area contributed by atoms with Gasteiger partial charge < -0.3 is 0 Å². The van der Waals surface area contributed by atoms with Gasteiger partial charge >= 0.3 is 0 Å². The van der Waals surface area contributed by atoms with Gasteiger partial charge in [0.1, 0.15) is 10.8 Å². The summed E-state index contributed by atoms with van der Waals surface area (Å²) >= 11 is 27.7. The maximum atomic E-state index is 14.1. The minimum Gasteiger partial charge on any atom is -0.289 e. The molecule has 0 saturated carbocycles. The number of ketones is 1. The molecule has 0 unspecified atom stereocenters. The highest BCUT2D eigenvalue weighted by Gasteiger charge is 2.38. The van der Waals surface area contributed by atoms with Gasteiger partial charge in [0.25, 0.3) is 0 Å². The van der Waals surface area contributed by atoms with Crippen LogP contribution in [0.2, 0.25) is 0 Å². The van der Waals surface area contributed by atoms with Crippen LogP contribution in [-0.2, 0) is 7.33 Å². The molecule has 0 heterocycles. The number of nitrogens with zero attached hydrogens (tertiary/aromatic N) is 2. The molecule has 0 bridgehead atoms. The third kappa shape index (κ3) is 4.58. The number of thioether (sulfide) groups is 2. The molecule has 168 valence electrons. The second kappa shape index (κ2) is 9.88. The number of nitriles is 2. The molecule has 0 saturated heterocycles. The fourth-order valence-corrected chi connectivity index (χ4v) is 6.01. The molecule has 34 heavy (non-hydrogen) atoms. The molecule has 0 amide bonds. The molecule has 4 rings (SSSR count). The van der Waals surface area contributed by atoms with Crippen LogP contribution in [0, 0.1) is 21.3 Å². The number of rotatable bonds is 6. The van der Waals surface area contributed by atoms with Crippen LogP contribution >= 0.6 is 69.9 Å². The van der Waals surface area contributed by atoms with Gasteiger partial charge in [-0.1, -0.05) is 107 Å². The number of carbonyl (C=O) groups is 1. The van der Waals surface area contributed by atoms with Crippen molar-refractivity contribution in [2.24, 2.45) is 0 Å². The van der Waals surface area contributed by atoms with Gasteiger partial charge in [-0.25, -0.2) is 0 Å². The molecule has 0 aliphatic rings. The number of fused-ring (bicyclic) bond motifs is 2. The Labute approximate surface area is 224 Å². The fraction of sp³-hybridized carbons (Fsp3) is 0.0800. The number of alkyl halides is 4. The second-order valence-corrected chi connectivity index (χ2v) is 12.7. The van der Waals surface area contributed by atoms with E-state index in [0.717, 1.165) is 10.8 Å². The Balaban J connectivity index is 2.05. The fourth-order valence-electron chi connectivity index (χ4n) is 3.91. The summed E-state index contributed by atoms with van der Waals surface area (Å²) in [5, 5.41) is 25.3. The Kier molecular flexibility index (Phi) is 7.27. The number of hydrogen-bond donors (Lipinski definition) is 0. The Morgan fingerprint density at radius 1 is 0.647 bits per heavy atom. The summed E-state index contributed by atoms with van der Waals surface area (Å²) in [5.41, 5.74) is 1.00. The Bertz CT molecular complexity index is 1410. The third-order valence-corrected chi connectivity index (χ3v) is 8.06. The van der Waals surface area contributed by atoms with Crippen molar-refractivity contribution in [2.75, 3.05) is 0 Å². The Morgan fingerprint density at radius 3 is 1.41 bits per heavy atom. The molecular weight excluding hydrogens is 550 g/mol. The van der Waals surface area contributed by atoms with Crippen molar-refractivity contribution < 1.29 is 4.79 Å². The topological polar surface area (TPSA) is 64.7 Å². The van der Waals surface area contributed by atoms with Crippen molar-refractivity contribution in [2.45, 2.75) is 7.33 Å². The van der Waals surface area contributed by atoms with E-state index in [-0.39, 0.29) is 11.1 Å². The van der Waals surface area contributed by atoms with E-state index < -0.39 is 13.1 Å². The van der Waals surface area contributed by atoms with E-state index in [0.29, 0.717) is 45.4 Å². The van der Waals surface area contributed by atoms with Gasteiger partial charge in [0.2, 0.25) is 7.33 Å². The molecule has 3 nitrogen and oxygen atoms in total. The zero-order valence-electron chi connectivity index (χ0n) is 17.1. The van der Waals surface area contributed by atoms with Crippen molar-refractivity contribution in [3.8, 4) is 10.8 Å². The number of thiocyanates is 2. The van der Waals surface area contributed by atoms with Gasteiger partial charge in [-0.15, -0.1) is 0 Å². The van der Waals surface area contributed by atoms with Crippen molar-refractivity contribution in [3.63, 3.8) is 0 Å². The highest BCUT2D eigenvalue weighted by atomic mass is 35.5. The molecule has 0 N–H and O–H groups in total. The average molecular weight is 562 g/mol. The van der Waals surface area contributed by atoms with E-state index >= 15 is 0 Å². The van der Waals surface area contributed by atoms with E-state index in [1.54, 1.807) is 48.5 Å². The molecule has 9 heteroatoms. The molecule has 0 radical (unpaired) electrons. The van der Waals surface area contributed by atoms with Gasteiger partial charge in [0, 0.05) is 22.3 Å². The van der Waals surface area contributed by atoms with Crippen molar-refractivity contribution in [1.29, 1.82) is 10.5 Å². The van der Waals surface area contributed by atoms with Crippen molar-refractivity contribution in [3.05, 3.63) is 95.1 Å². The predicted octanol–water partition coefficient (Wildman–Crippen LogP) is 8.83. The second-order valence-electron chi connectivity index (χ2n) is 7.17. The summed E-state index contributed by atoms with van der Waals surface area (Å²) in [6.45, 7) is 0. The van der Waals surface area contributed by atoms with Crippen LogP contribution in [0.4, 0.5) is 0 Å². The first kappa shape index (κ1) is 25.0. The molecule has 0 atom stereocenters. The Morgan fingerprint density at radius 2 is 1.03 bits per heavy atom. The molecule has 0 aliphatic heterocycles. The maximum absolute atomic E-state index is 14.1. The van der Waals surface area contributed by atoms with Crippen molar-refractivity contribution >= 4 is 97.3 Å². The van der Waals surface area contributed by atoms with E-state index in [4.69, 9.17) is 46.4 Å². The van der Waals surface area contributed by atoms with Gasteiger partial charge in [-0.05, 0) is 57.2 Å². The maximum Gasteiger partial charge on any atom is 0.203 e. The van der Waals surface area contributed by atoms with E-state index in [1.807, 2.05) is 35.1 Å². The summed E-state index contributed by atoms with van der Waals surface area (Å²) in [6.07, 6.45) is 0. The van der Waals surface area contributed by atoms with E-state index in [1.165, 1.54) is 0 Å². The van der Waals surface area contributed by atoms with Crippen LogP contribution in [0.15, 0.2) is 72.8 Å². The van der Waals surface area contributed by atoms with Crippen LogP contribution in [0.25, 0.3) is 21.5 Å². The first-order valence-electron chi connectivity index (χ1n) is 9.70. The summed E-state index contributed by atoms with van der Waals surface area (Å²) in [5.74, 6) is -0.435. The molecule has 0 aromatic heterocycles. The van der Waals surface area contributed by atoms with Crippen LogP contribution in [0.1, 0.15) is 27.0 Å². The summed E-state index contributed by atoms with van der Waals surface area (Å²) in [6, 6.07) is 21.4. The number of halogens is 4. The lowest BCUT2D eigenvalue weighted by atomic mass is 9.90. The largest absolute Gasteiger partial charge is 0.289 e. The van der Waals surface area contributed by atoms with Crippen LogP contribution in [0.5, 0.6) is 0 Å².